The van der Waals surface area contributed by atoms with Gasteiger partial charge in [-0.15, -0.1) is 11.3 Å². The molecule has 1 aliphatic heterocycles. The highest BCUT2D eigenvalue weighted by Gasteiger charge is 2.52. The SMILES string of the molecule is CC1(C)OB(c2cccc3sc4ccc(-c5ccc6c(c5)c5ccccc5n6-c5cccc6ccccc56)cc4c23)OC1(C)C. The molecule has 0 radical (unpaired) electrons. The fourth-order valence-electron chi connectivity index (χ4n) is 7.02. The third-order valence-electron chi connectivity index (χ3n) is 10.0. The molecular formula is C40H32BNO2S. The van der Waals surface area contributed by atoms with E-state index in [-0.39, 0.29) is 0 Å². The van der Waals surface area contributed by atoms with Crippen molar-refractivity contribution in [3.05, 3.63) is 121 Å². The summed E-state index contributed by atoms with van der Waals surface area (Å²) in [6, 6.07) is 44.3. The number of nitrogens with zero attached hydrogens (tertiary/aromatic N) is 1. The molecule has 1 aliphatic rings. The summed E-state index contributed by atoms with van der Waals surface area (Å²) >= 11 is 1.83. The Bertz CT molecular complexity index is 2450. The molecule has 0 unspecified atom stereocenters. The first-order valence-electron chi connectivity index (χ1n) is 15.6. The quantitative estimate of drug-likeness (QED) is 0.188. The predicted octanol–water partition coefficient (Wildman–Crippen LogP) is 10.3. The molecule has 1 fully saturated rings. The van der Waals surface area contributed by atoms with Crippen molar-refractivity contribution in [1.82, 2.24) is 4.57 Å². The van der Waals surface area contributed by atoms with Crippen LogP contribution in [0.5, 0.6) is 0 Å². The van der Waals surface area contributed by atoms with Gasteiger partial charge in [0.15, 0.2) is 0 Å². The van der Waals surface area contributed by atoms with Gasteiger partial charge in [0.1, 0.15) is 0 Å². The summed E-state index contributed by atoms with van der Waals surface area (Å²) < 4.78 is 18.0. The Morgan fingerprint density at radius 1 is 0.556 bits per heavy atom. The molecule has 3 heterocycles. The second kappa shape index (κ2) is 9.54. The number of benzene rings is 6. The van der Waals surface area contributed by atoms with Gasteiger partial charge in [0.05, 0.1) is 27.9 Å². The standard InChI is InChI=1S/C40H32BNO2S/c1-39(2)40(3,4)44-41(43-39)32-15-10-18-37-38(32)31-24-27(20-22-36(31)45-37)26-19-21-35-30(23-26)29-14-7-8-16-34(29)42(35)33-17-9-12-25-11-5-6-13-28(25)33/h5-24H,1-4H3. The number of thiophene rings is 1. The van der Waals surface area contributed by atoms with Gasteiger partial charge < -0.3 is 13.9 Å². The number of hydrogen-bond acceptors (Lipinski definition) is 3. The molecule has 0 amide bonds. The van der Waals surface area contributed by atoms with Gasteiger partial charge in [0, 0.05) is 36.3 Å². The molecule has 0 bridgehead atoms. The van der Waals surface area contributed by atoms with Crippen molar-refractivity contribution < 1.29 is 9.31 Å². The molecule has 218 valence electrons. The van der Waals surface area contributed by atoms with Gasteiger partial charge in [-0.05, 0) is 92.1 Å². The average Bonchev–Trinajstić information content (AvgIpc) is 3.66. The molecule has 0 aliphatic carbocycles. The van der Waals surface area contributed by atoms with Crippen LogP contribution in [0.15, 0.2) is 121 Å². The van der Waals surface area contributed by atoms with Gasteiger partial charge in [-0.25, -0.2) is 0 Å². The molecule has 1 saturated heterocycles. The van der Waals surface area contributed by atoms with Crippen molar-refractivity contribution in [2.24, 2.45) is 0 Å². The summed E-state index contributed by atoms with van der Waals surface area (Å²) in [7, 11) is -0.406. The van der Waals surface area contributed by atoms with Crippen LogP contribution in [0.3, 0.4) is 0 Å². The van der Waals surface area contributed by atoms with E-state index in [0.717, 1.165) is 5.46 Å². The maximum absolute atomic E-state index is 6.53. The summed E-state index contributed by atoms with van der Waals surface area (Å²) in [6.07, 6.45) is 0. The summed E-state index contributed by atoms with van der Waals surface area (Å²) in [6.45, 7) is 8.46. The molecule has 6 aromatic carbocycles. The molecule has 5 heteroatoms. The van der Waals surface area contributed by atoms with E-state index in [0.29, 0.717) is 0 Å². The van der Waals surface area contributed by atoms with E-state index in [1.807, 2.05) is 11.3 Å². The number of hydrogen-bond donors (Lipinski definition) is 0. The minimum Gasteiger partial charge on any atom is -0.399 e. The van der Waals surface area contributed by atoms with Crippen molar-refractivity contribution in [1.29, 1.82) is 0 Å². The Morgan fingerprint density at radius 3 is 2.02 bits per heavy atom. The van der Waals surface area contributed by atoms with E-state index in [9.17, 15) is 0 Å². The fraction of sp³-hybridized carbons (Fsp3) is 0.150. The topological polar surface area (TPSA) is 23.4 Å². The Balaban J connectivity index is 1.23. The van der Waals surface area contributed by atoms with Crippen LogP contribution in [0.4, 0.5) is 0 Å². The fourth-order valence-corrected chi connectivity index (χ4v) is 8.14. The third kappa shape index (κ3) is 3.98. The lowest BCUT2D eigenvalue weighted by molar-refractivity contribution is 0.00578. The lowest BCUT2D eigenvalue weighted by Crippen LogP contribution is -2.41. The van der Waals surface area contributed by atoms with E-state index in [1.54, 1.807) is 0 Å². The van der Waals surface area contributed by atoms with Crippen molar-refractivity contribution in [3.63, 3.8) is 0 Å². The second-order valence-corrected chi connectivity index (χ2v) is 14.3. The Morgan fingerprint density at radius 2 is 1.20 bits per heavy atom. The Labute approximate surface area is 266 Å². The highest BCUT2D eigenvalue weighted by atomic mass is 32.1. The minimum absolute atomic E-state index is 0.391. The zero-order chi connectivity index (χ0) is 30.5. The van der Waals surface area contributed by atoms with Crippen molar-refractivity contribution >= 4 is 76.7 Å². The van der Waals surface area contributed by atoms with Crippen molar-refractivity contribution in [2.45, 2.75) is 38.9 Å². The molecule has 3 nitrogen and oxygen atoms in total. The number of aromatic nitrogens is 1. The Hall–Kier alpha value is -4.42. The largest absolute Gasteiger partial charge is 0.495 e. The van der Waals surface area contributed by atoms with Crippen LogP contribution in [-0.4, -0.2) is 22.9 Å². The van der Waals surface area contributed by atoms with Crippen molar-refractivity contribution in [2.75, 3.05) is 0 Å². The minimum atomic E-state index is -0.406. The van der Waals surface area contributed by atoms with Crippen LogP contribution in [0.1, 0.15) is 27.7 Å². The molecule has 0 N–H and O–H groups in total. The van der Waals surface area contributed by atoms with Crippen LogP contribution >= 0.6 is 11.3 Å². The normalized spacial score (nSPS) is 16.1. The lowest BCUT2D eigenvalue weighted by atomic mass is 9.76. The highest BCUT2D eigenvalue weighted by Crippen LogP contribution is 2.41. The second-order valence-electron chi connectivity index (χ2n) is 13.2. The first-order chi connectivity index (χ1) is 21.8. The first kappa shape index (κ1) is 26.9. The molecular weight excluding hydrogens is 569 g/mol. The van der Waals surface area contributed by atoms with Crippen LogP contribution in [0.25, 0.3) is 69.6 Å². The van der Waals surface area contributed by atoms with E-state index < -0.39 is 18.3 Å². The van der Waals surface area contributed by atoms with Crippen LogP contribution in [-0.2, 0) is 9.31 Å². The molecule has 45 heavy (non-hydrogen) atoms. The summed E-state index contributed by atoms with van der Waals surface area (Å²) in [5.74, 6) is 0. The van der Waals surface area contributed by atoms with Crippen LogP contribution in [0, 0.1) is 0 Å². The van der Waals surface area contributed by atoms with E-state index >= 15 is 0 Å². The molecule has 0 atom stereocenters. The highest BCUT2D eigenvalue weighted by molar-refractivity contribution is 7.26. The molecule has 0 spiro atoms. The summed E-state index contributed by atoms with van der Waals surface area (Å²) in [5.41, 5.74) is 6.35. The zero-order valence-electron chi connectivity index (χ0n) is 25.8. The molecule has 0 saturated carbocycles. The molecule has 2 aromatic heterocycles. The summed E-state index contributed by atoms with van der Waals surface area (Å²) in [4.78, 5) is 0. The van der Waals surface area contributed by atoms with Gasteiger partial charge in [-0.3, -0.25) is 0 Å². The van der Waals surface area contributed by atoms with Crippen molar-refractivity contribution in [3.8, 4) is 16.8 Å². The van der Waals surface area contributed by atoms with E-state index in [1.165, 1.54) is 69.6 Å². The maximum Gasteiger partial charge on any atom is 0.495 e. The third-order valence-corrected chi connectivity index (χ3v) is 11.2. The van der Waals surface area contributed by atoms with Gasteiger partial charge in [-0.1, -0.05) is 78.9 Å². The van der Waals surface area contributed by atoms with E-state index in [2.05, 4.69) is 154 Å². The average molecular weight is 602 g/mol. The number of fused-ring (bicyclic) bond motifs is 7. The van der Waals surface area contributed by atoms with Gasteiger partial charge in [-0.2, -0.15) is 0 Å². The van der Waals surface area contributed by atoms with Crippen LogP contribution < -0.4 is 5.46 Å². The smallest absolute Gasteiger partial charge is 0.399 e. The van der Waals surface area contributed by atoms with Gasteiger partial charge in [0.25, 0.3) is 0 Å². The lowest BCUT2D eigenvalue weighted by Gasteiger charge is -2.32. The number of para-hydroxylation sites is 1. The van der Waals surface area contributed by atoms with Gasteiger partial charge in [0.2, 0.25) is 0 Å². The zero-order valence-corrected chi connectivity index (χ0v) is 26.6. The van der Waals surface area contributed by atoms with Gasteiger partial charge >= 0.3 is 7.12 Å². The van der Waals surface area contributed by atoms with E-state index in [4.69, 9.17) is 9.31 Å². The first-order valence-corrected chi connectivity index (χ1v) is 16.4. The van der Waals surface area contributed by atoms with Crippen LogP contribution in [0.2, 0.25) is 0 Å². The molecule has 9 rings (SSSR count). The monoisotopic (exact) mass is 601 g/mol. The summed E-state index contributed by atoms with van der Waals surface area (Å²) in [5, 5.41) is 7.48. The number of rotatable bonds is 3. The molecule has 8 aromatic rings. The predicted molar refractivity (Wildman–Crippen MR) is 192 cm³/mol. The Kier molecular flexibility index (Phi) is 5.71. The maximum atomic E-state index is 6.53.